The molecule has 0 aromatic carbocycles. The van der Waals surface area contributed by atoms with Gasteiger partial charge >= 0.3 is 0 Å². The van der Waals surface area contributed by atoms with Gasteiger partial charge in [0, 0.05) is 6.72 Å². The molecular weight excluding hydrogens is 148 g/mol. The first-order chi connectivity index (χ1) is 5.72. The van der Waals surface area contributed by atoms with Crippen molar-refractivity contribution in [1.82, 2.24) is 0 Å². The zero-order valence-corrected chi connectivity index (χ0v) is 7.62. The number of nitrogens with zero attached hydrogens (tertiary/aromatic N) is 2. The summed E-state index contributed by atoms with van der Waals surface area (Å²) in [4.78, 5) is 0. The Morgan fingerprint density at radius 3 is 2.42 bits per heavy atom. The molecule has 0 aromatic rings. The molecule has 0 saturated carbocycles. The molecular formula is C10H14N2. The molecule has 0 N–H and O–H groups in total. The minimum atomic E-state index is 1.03. The first kappa shape index (κ1) is 10.6. The van der Waals surface area contributed by atoms with Crippen LogP contribution in [-0.4, -0.2) is 12.9 Å². The summed E-state index contributed by atoms with van der Waals surface area (Å²) in [5, 5.41) is 7.08. The number of hydrogen-bond acceptors (Lipinski definition) is 2. The zero-order chi connectivity index (χ0) is 9.40. The molecule has 0 rings (SSSR count). The quantitative estimate of drug-likeness (QED) is 0.345. The SMILES string of the molecule is C=C/C=C\C(/C=N\N=C)=C(C)C. The van der Waals surface area contributed by atoms with Crippen LogP contribution in [0.5, 0.6) is 0 Å². The van der Waals surface area contributed by atoms with Crippen LogP contribution >= 0.6 is 0 Å². The van der Waals surface area contributed by atoms with E-state index < -0.39 is 0 Å². The van der Waals surface area contributed by atoms with Crippen molar-refractivity contribution < 1.29 is 0 Å². The van der Waals surface area contributed by atoms with Gasteiger partial charge in [-0.1, -0.05) is 30.4 Å². The van der Waals surface area contributed by atoms with Gasteiger partial charge in [0.15, 0.2) is 0 Å². The minimum Gasteiger partial charge on any atom is -0.167 e. The van der Waals surface area contributed by atoms with Gasteiger partial charge in [-0.2, -0.15) is 10.2 Å². The topological polar surface area (TPSA) is 24.7 Å². The molecule has 0 aliphatic rings. The van der Waals surface area contributed by atoms with Gasteiger partial charge in [-0.15, -0.1) is 0 Å². The third-order valence-corrected chi connectivity index (χ3v) is 1.27. The molecule has 12 heavy (non-hydrogen) atoms. The van der Waals surface area contributed by atoms with E-state index in [2.05, 4.69) is 23.5 Å². The maximum atomic E-state index is 3.69. The lowest BCUT2D eigenvalue weighted by Gasteiger charge is -1.94. The van der Waals surface area contributed by atoms with E-state index in [4.69, 9.17) is 0 Å². The van der Waals surface area contributed by atoms with Gasteiger partial charge in [-0.05, 0) is 19.4 Å². The second kappa shape index (κ2) is 6.28. The average Bonchev–Trinajstić information content (AvgIpc) is 2.04. The van der Waals surface area contributed by atoms with Gasteiger partial charge < -0.3 is 0 Å². The summed E-state index contributed by atoms with van der Waals surface area (Å²) in [5.74, 6) is 0. The summed E-state index contributed by atoms with van der Waals surface area (Å²) < 4.78 is 0. The Kier molecular flexibility index (Phi) is 5.53. The molecule has 0 fully saturated rings. The van der Waals surface area contributed by atoms with Crippen molar-refractivity contribution >= 4 is 12.9 Å². The third-order valence-electron chi connectivity index (χ3n) is 1.27. The van der Waals surface area contributed by atoms with E-state index in [-0.39, 0.29) is 0 Å². The van der Waals surface area contributed by atoms with E-state index in [9.17, 15) is 0 Å². The Hall–Kier alpha value is -1.44. The second-order valence-electron chi connectivity index (χ2n) is 2.44. The molecule has 0 spiro atoms. The number of hydrogen-bond donors (Lipinski definition) is 0. The smallest absolute Gasteiger partial charge is 0.0567 e. The van der Waals surface area contributed by atoms with Crippen LogP contribution in [0.25, 0.3) is 0 Å². The van der Waals surface area contributed by atoms with Gasteiger partial charge in [0.25, 0.3) is 0 Å². The van der Waals surface area contributed by atoms with Crippen molar-refractivity contribution in [2.45, 2.75) is 13.8 Å². The first-order valence-electron chi connectivity index (χ1n) is 3.68. The standard InChI is InChI=1S/C10H14N2/c1-5-6-7-10(9(2)3)8-12-11-4/h5-8H,1,4H2,2-3H3/b7-6-,12-8-. The van der Waals surface area contributed by atoms with Gasteiger partial charge in [0.2, 0.25) is 0 Å². The Balaban J connectivity index is 4.57. The maximum absolute atomic E-state index is 3.69. The number of rotatable bonds is 4. The highest BCUT2D eigenvalue weighted by atomic mass is 15.2. The molecule has 2 nitrogen and oxygen atoms in total. The molecule has 0 aromatic heterocycles. The van der Waals surface area contributed by atoms with Crippen molar-refractivity contribution in [3.8, 4) is 0 Å². The van der Waals surface area contributed by atoms with E-state index in [0.717, 1.165) is 5.57 Å². The summed E-state index contributed by atoms with van der Waals surface area (Å²) >= 11 is 0. The second-order valence-corrected chi connectivity index (χ2v) is 2.44. The molecule has 0 atom stereocenters. The summed E-state index contributed by atoms with van der Waals surface area (Å²) in [5.41, 5.74) is 2.21. The molecule has 64 valence electrons. The predicted octanol–water partition coefficient (Wildman–Crippen LogP) is 2.75. The van der Waals surface area contributed by atoms with Crippen LogP contribution in [0.15, 0.2) is 46.2 Å². The summed E-state index contributed by atoms with van der Waals surface area (Å²) in [6.07, 6.45) is 7.18. The average molecular weight is 162 g/mol. The van der Waals surface area contributed by atoms with E-state index in [1.807, 2.05) is 26.0 Å². The Labute approximate surface area is 73.7 Å². The molecule has 0 aliphatic heterocycles. The largest absolute Gasteiger partial charge is 0.167 e. The third kappa shape index (κ3) is 4.39. The van der Waals surface area contributed by atoms with Crippen molar-refractivity contribution in [2.75, 3.05) is 0 Å². The fourth-order valence-electron chi connectivity index (χ4n) is 0.614. The first-order valence-corrected chi connectivity index (χ1v) is 3.68. The van der Waals surface area contributed by atoms with E-state index >= 15 is 0 Å². The van der Waals surface area contributed by atoms with Crippen LogP contribution < -0.4 is 0 Å². The molecule has 0 saturated heterocycles. The summed E-state index contributed by atoms with van der Waals surface area (Å²) in [6, 6.07) is 0. The highest BCUT2D eigenvalue weighted by Crippen LogP contribution is 2.02. The van der Waals surface area contributed by atoms with Crippen LogP contribution in [-0.2, 0) is 0 Å². The van der Waals surface area contributed by atoms with Crippen molar-refractivity contribution in [2.24, 2.45) is 10.2 Å². The number of allylic oxidation sites excluding steroid dienone is 5. The fourth-order valence-corrected chi connectivity index (χ4v) is 0.614. The van der Waals surface area contributed by atoms with Crippen LogP contribution in [0.3, 0.4) is 0 Å². The van der Waals surface area contributed by atoms with Crippen molar-refractivity contribution in [3.63, 3.8) is 0 Å². The molecule has 0 unspecified atom stereocenters. The predicted molar refractivity (Wildman–Crippen MR) is 55.8 cm³/mol. The monoisotopic (exact) mass is 162 g/mol. The van der Waals surface area contributed by atoms with Crippen LogP contribution in [0.2, 0.25) is 0 Å². The molecule has 0 heterocycles. The maximum Gasteiger partial charge on any atom is 0.0567 e. The fraction of sp³-hybridized carbons (Fsp3) is 0.200. The zero-order valence-electron chi connectivity index (χ0n) is 7.62. The summed E-state index contributed by atoms with van der Waals surface area (Å²) in [7, 11) is 0. The van der Waals surface area contributed by atoms with E-state index in [1.165, 1.54) is 5.57 Å². The normalized spacial score (nSPS) is 10.5. The van der Waals surface area contributed by atoms with Crippen LogP contribution in [0.4, 0.5) is 0 Å². The lowest BCUT2D eigenvalue weighted by molar-refractivity contribution is 1.27. The van der Waals surface area contributed by atoms with Crippen LogP contribution in [0.1, 0.15) is 13.8 Å². The van der Waals surface area contributed by atoms with Gasteiger partial charge in [0.05, 0.1) is 6.21 Å². The van der Waals surface area contributed by atoms with Crippen LogP contribution in [0, 0.1) is 0 Å². The summed E-state index contributed by atoms with van der Waals surface area (Å²) in [6.45, 7) is 10.9. The molecule has 0 bridgehead atoms. The van der Waals surface area contributed by atoms with Crippen molar-refractivity contribution in [1.29, 1.82) is 0 Å². The molecule has 0 amide bonds. The Morgan fingerprint density at radius 1 is 1.33 bits per heavy atom. The van der Waals surface area contributed by atoms with Gasteiger partial charge in [-0.3, -0.25) is 0 Å². The highest BCUT2D eigenvalue weighted by Gasteiger charge is 1.88. The molecule has 0 radical (unpaired) electrons. The molecule has 0 aliphatic carbocycles. The molecule has 2 heteroatoms. The Bertz CT molecular complexity index is 221. The minimum absolute atomic E-state index is 1.03. The highest BCUT2D eigenvalue weighted by molar-refractivity contribution is 5.83. The van der Waals surface area contributed by atoms with E-state index in [0.29, 0.717) is 0 Å². The van der Waals surface area contributed by atoms with Crippen molar-refractivity contribution in [3.05, 3.63) is 36.0 Å². The lowest BCUT2D eigenvalue weighted by atomic mass is 10.1. The van der Waals surface area contributed by atoms with Gasteiger partial charge in [-0.25, -0.2) is 0 Å². The van der Waals surface area contributed by atoms with Gasteiger partial charge in [0.1, 0.15) is 0 Å². The lowest BCUT2D eigenvalue weighted by Crippen LogP contribution is -1.82. The Morgan fingerprint density at radius 2 is 2.00 bits per heavy atom. The van der Waals surface area contributed by atoms with E-state index in [1.54, 1.807) is 12.3 Å².